The van der Waals surface area contributed by atoms with Crippen LogP contribution in [0.4, 0.5) is 5.82 Å². The first kappa shape index (κ1) is 18.2. The number of nitrogens with zero attached hydrogens (tertiary/aromatic N) is 3. The Balaban J connectivity index is 1.52. The van der Waals surface area contributed by atoms with Gasteiger partial charge in [0.1, 0.15) is 12.1 Å². The number of hydrogen-bond acceptors (Lipinski definition) is 4. The predicted molar refractivity (Wildman–Crippen MR) is 111 cm³/mol. The van der Waals surface area contributed by atoms with Gasteiger partial charge in [-0.15, -0.1) is 0 Å². The SMILES string of the molecule is CCc1ccc(CN(C(=O)c2ccc(-c3cc(N)ncn3)cc2)C2CC2)cc1. The van der Waals surface area contributed by atoms with Crippen molar-refractivity contribution in [2.24, 2.45) is 0 Å². The summed E-state index contributed by atoms with van der Waals surface area (Å²) in [6, 6.07) is 18.2. The summed E-state index contributed by atoms with van der Waals surface area (Å²) < 4.78 is 0. The molecule has 0 spiro atoms. The Morgan fingerprint density at radius 2 is 1.71 bits per heavy atom. The van der Waals surface area contributed by atoms with Crippen LogP contribution in [0, 0.1) is 0 Å². The average molecular weight is 372 g/mol. The van der Waals surface area contributed by atoms with Gasteiger partial charge in [0.25, 0.3) is 5.91 Å². The Kier molecular flexibility index (Phi) is 5.06. The molecule has 5 nitrogen and oxygen atoms in total. The molecule has 2 N–H and O–H groups in total. The molecule has 0 radical (unpaired) electrons. The number of nitrogens with two attached hydrogens (primary N) is 1. The van der Waals surface area contributed by atoms with Gasteiger partial charge in [-0.1, -0.05) is 43.3 Å². The highest BCUT2D eigenvalue weighted by atomic mass is 16.2. The Morgan fingerprint density at radius 1 is 1.04 bits per heavy atom. The van der Waals surface area contributed by atoms with Crippen LogP contribution in [0.25, 0.3) is 11.3 Å². The van der Waals surface area contributed by atoms with Crippen molar-refractivity contribution in [2.45, 2.75) is 38.8 Å². The molecule has 1 aliphatic rings. The maximum Gasteiger partial charge on any atom is 0.254 e. The van der Waals surface area contributed by atoms with Crippen LogP contribution < -0.4 is 5.73 Å². The second kappa shape index (κ2) is 7.80. The molecule has 142 valence electrons. The molecule has 2 aromatic carbocycles. The summed E-state index contributed by atoms with van der Waals surface area (Å²) in [5, 5.41) is 0. The minimum absolute atomic E-state index is 0.0795. The van der Waals surface area contributed by atoms with Gasteiger partial charge in [-0.2, -0.15) is 0 Å². The first-order valence-electron chi connectivity index (χ1n) is 9.71. The third-order valence-electron chi connectivity index (χ3n) is 5.15. The fraction of sp³-hybridized carbons (Fsp3) is 0.261. The van der Waals surface area contributed by atoms with Gasteiger partial charge in [0.2, 0.25) is 0 Å². The Hall–Kier alpha value is -3.21. The third-order valence-corrected chi connectivity index (χ3v) is 5.15. The molecular weight excluding hydrogens is 348 g/mol. The summed E-state index contributed by atoms with van der Waals surface area (Å²) in [7, 11) is 0. The Bertz CT molecular complexity index is 963. The van der Waals surface area contributed by atoms with Gasteiger partial charge >= 0.3 is 0 Å². The minimum atomic E-state index is 0.0795. The molecule has 4 rings (SSSR count). The van der Waals surface area contributed by atoms with Crippen LogP contribution in [0.3, 0.4) is 0 Å². The molecule has 0 unspecified atom stereocenters. The first-order chi connectivity index (χ1) is 13.6. The van der Waals surface area contributed by atoms with Gasteiger partial charge in [-0.05, 0) is 42.5 Å². The van der Waals surface area contributed by atoms with E-state index in [0.29, 0.717) is 24.0 Å². The van der Waals surface area contributed by atoms with Crippen molar-refractivity contribution in [1.29, 1.82) is 0 Å². The number of amides is 1. The van der Waals surface area contributed by atoms with E-state index in [1.54, 1.807) is 6.07 Å². The van der Waals surface area contributed by atoms with Crippen LogP contribution in [0.15, 0.2) is 60.9 Å². The van der Waals surface area contributed by atoms with E-state index >= 15 is 0 Å². The van der Waals surface area contributed by atoms with Crippen LogP contribution in [0.5, 0.6) is 0 Å². The van der Waals surface area contributed by atoms with Crippen LogP contribution in [0.2, 0.25) is 0 Å². The van der Waals surface area contributed by atoms with E-state index in [9.17, 15) is 4.79 Å². The van der Waals surface area contributed by atoms with Gasteiger partial charge in [0, 0.05) is 29.8 Å². The van der Waals surface area contributed by atoms with Gasteiger partial charge in [-0.25, -0.2) is 9.97 Å². The number of carbonyl (C=O) groups excluding carboxylic acids is 1. The lowest BCUT2D eigenvalue weighted by Gasteiger charge is -2.23. The monoisotopic (exact) mass is 372 g/mol. The van der Waals surface area contributed by atoms with Gasteiger partial charge in [0.05, 0.1) is 5.69 Å². The smallest absolute Gasteiger partial charge is 0.254 e. The lowest BCUT2D eigenvalue weighted by Crippen LogP contribution is -2.32. The van der Waals surface area contributed by atoms with Crippen molar-refractivity contribution in [3.63, 3.8) is 0 Å². The van der Waals surface area contributed by atoms with E-state index < -0.39 is 0 Å². The van der Waals surface area contributed by atoms with Crippen molar-refractivity contribution in [2.75, 3.05) is 5.73 Å². The second-order valence-electron chi connectivity index (χ2n) is 7.24. The van der Waals surface area contributed by atoms with Crippen molar-refractivity contribution >= 4 is 11.7 Å². The average Bonchev–Trinajstić information content (AvgIpc) is 3.57. The molecule has 1 saturated carbocycles. The van der Waals surface area contributed by atoms with E-state index in [1.165, 1.54) is 17.5 Å². The summed E-state index contributed by atoms with van der Waals surface area (Å²) in [6.07, 6.45) is 4.63. The number of nitrogen functional groups attached to an aromatic ring is 1. The number of anilines is 1. The maximum absolute atomic E-state index is 13.1. The van der Waals surface area contributed by atoms with E-state index in [2.05, 4.69) is 41.2 Å². The van der Waals surface area contributed by atoms with Crippen molar-refractivity contribution in [3.05, 3.63) is 77.6 Å². The van der Waals surface area contributed by atoms with E-state index in [4.69, 9.17) is 5.73 Å². The molecule has 1 fully saturated rings. The van der Waals surface area contributed by atoms with E-state index in [1.807, 2.05) is 29.2 Å². The highest BCUT2D eigenvalue weighted by Gasteiger charge is 2.33. The molecule has 1 aliphatic carbocycles. The number of aryl methyl sites for hydroxylation is 1. The second-order valence-corrected chi connectivity index (χ2v) is 7.24. The van der Waals surface area contributed by atoms with Gasteiger partial charge < -0.3 is 10.6 Å². The molecule has 1 aromatic heterocycles. The number of aromatic nitrogens is 2. The zero-order valence-corrected chi connectivity index (χ0v) is 16.0. The standard InChI is InChI=1S/C23H24N4O/c1-2-16-3-5-17(6-4-16)14-27(20-11-12-20)23(28)19-9-7-18(8-10-19)21-13-22(24)26-15-25-21/h3-10,13,15,20H,2,11-12,14H2,1H3,(H2,24,25,26). The zero-order valence-electron chi connectivity index (χ0n) is 16.0. The summed E-state index contributed by atoms with van der Waals surface area (Å²) in [4.78, 5) is 23.3. The predicted octanol–water partition coefficient (Wildman–Crippen LogP) is 4.09. The molecule has 5 heteroatoms. The molecule has 0 atom stereocenters. The number of carbonyl (C=O) groups is 1. The third kappa shape index (κ3) is 4.03. The van der Waals surface area contributed by atoms with Crippen LogP contribution >= 0.6 is 0 Å². The summed E-state index contributed by atoms with van der Waals surface area (Å²) >= 11 is 0. The van der Waals surface area contributed by atoms with E-state index in [0.717, 1.165) is 30.5 Å². The van der Waals surface area contributed by atoms with Crippen molar-refractivity contribution in [3.8, 4) is 11.3 Å². The summed E-state index contributed by atoms with van der Waals surface area (Å²) in [6.45, 7) is 2.80. The quantitative estimate of drug-likeness (QED) is 0.707. The normalized spacial score (nSPS) is 13.3. The molecule has 0 aliphatic heterocycles. The molecule has 0 bridgehead atoms. The summed E-state index contributed by atoms with van der Waals surface area (Å²) in [5.74, 6) is 0.509. The lowest BCUT2D eigenvalue weighted by atomic mass is 10.1. The highest BCUT2D eigenvalue weighted by molar-refractivity contribution is 5.95. The topological polar surface area (TPSA) is 72.1 Å². The number of benzene rings is 2. The molecule has 3 aromatic rings. The molecule has 1 amide bonds. The van der Waals surface area contributed by atoms with Crippen molar-refractivity contribution in [1.82, 2.24) is 14.9 Å². The summed E-state index contributed by atoms with van der Waals surface area (Å²) in [5.41, 5.74) is 10.6. The number of hydrogen-bond donors (Lipinski definition) is 1. The zero-order chi connectivity index (χ0) is 19.5. The molecule has 0 saturated heterocycles. The molecule has 28 heavy (non-hydrogen) atoms. The lowest BCUT2D eigenvalue weighted by molar-refractivity contribution is 0.0730. The fourth-order valence-corrected chi connectivity index (χ4v) is 3.31. The van der Waals surface area contributed by atoms with Crippen LogP contribution in [-0.4, -0.2) is 26.8 Å². The number of rotatable bonds is 6. The highest BCUT2D eigenvalue weighted by Crippen LogP contribution is 2.30. The first-order valence-corrected chi connectivity index (χ1v) is 9.71. The van der Waals surface area contributed by atoms with E-state index in [-0.39, 0.29) is 5.91 Å². The molecule has 1 heterocycles. The Morgan fingerprint density at radius 3 is 2.32 bits per heavy atom. The van der Waals surface area contributed by atoms with Crippen molar-refractivity contribution < 1.29 is 4.79 Å². The maximum atomic E-state index is 13.1. The molecular formula is C23H24N4O. The van der Waals surface area contributed by atoms with Crippen LogP contribution in [0.1, 0.15) is 41.3 Å². The minimum Gasteiger partial charge on any atom is -0.384 e. The van der Waals surface area contributed by atoms with Crippen LogP contribution in [-0.2, 0) is 13.0 Å². The largest absolute Gasteiger partial charge is 0.384 e. The van der Waals surface area contributed by atoms with Gasteiger partial charge in [0.15, 0.2) is 0 Å². The Labute approximate surface area is 165 Å². The van der Waals surface area contributed by atoms with Gasteiger partial charge in [-0.3, -0.25) is 4.79 Å². The fourth-order valence-electron chi connectivity index (χ4n) is 3.31.